The highest BCUT2D eigenvalue weighted by Gasteiger charge is 2.30. The third kappa shape index (κ3) is 5.42. The van der Waals surface area contributed by atoms with Gasteiger partial charge >= 0.3 is 0 Å². The average Bonchev–Trinajstić information content (AvgIpc) is 2.86. The topological polar surface area (TPSA) is 98.3 Å². The van der Waals surface area contributed by atoms with Gasteiger partial charge in [-0.1, -0.05) is 54.7 Å². The van der Waals surface area contributed by atoms with Gasteiger partial charge in [0.1, 0.15) is 5.82 Å². The minimum Gasteiger partial charge on any atom is -0.328 e. The van der Waals surface area contributed by atoms with Crippen LogP contribution in [0.5, 0.6) is 0 Å². The molecule has 38 heavy (non-hydrogen) atoms. The monoisotopic (exact) mass is 552 g/mol. The van der Waals surface area contributed by atoms with Gasteiger partial charge in [-0.25, -0.2) is 4.98 Å². The number of nitrogens with zero attached hydrogens (tertiary/aromatic N) is 4. The lowest BCUT2D eigenvalue weighted by Gasteiger charge is -2.32. The molecule has 0 spiro atoms. The van der Waals surface area contributed by atoms with E-state index in [0.29, 0.717) is 34.0 Å². The van der Waals surface area contributed by atoms with Gasteiger partial charge in [-0.05, 0) is 56.2 Å². The lowest BCUT2D eigenvalue weighted by atomic mass is 10.1. The van der Waals surface area contributed by atoms with Gasteiger partial charge in [-0.2, -0.15) is 0 Å². The zero-order valence-electron chi connectivity index (χ0n) is 21.3. The Hall–Kier alpha value is -3.75. The Labute approximate surface area is 229 Å². The normalized spacial score (nSPS) is 12.1. The highest BCUT2D eigenvalue weighted by molar-refractivity contribution is 6.34. The van der Waals surface area contributed by atoms with Crippen LogP contribution < -0.4 is 5.56 Å². The Kier molecular flexibility index (Phi) is 7.85. The number of non-ortho nitro benzene ring substituents is 1. The van der Waals surface area contributed by atoms with Crippen LogP contribution in [0.4, 0.5) is 5.69 Å². The Bertz CT molecular complexity index is 1600. The van der Waals surface area contributed by atoms with Crippen LogP contribution in [0.2, 0.25) is 10.0 Å². The molecule has 4 aromatic rings. The maximum absolute atomic E-state index is 13.8. The summed E-state index contributed by atoms with van der Waals surface area (Å²) in [5.74, 6) is -0.0182. The summed E-state index contributed by atoms with van der Waals surface area (Å²) in [6.07, 6.45) is 0. The Balaban J connectivity index is 1.92. The second kappa shape index (κ2) is 10.9. The molecule has 1 aromatic heterocycles. The zero-order valence-corrected chi connectivity index (χ0v) is 22.8. The van der Waals surface area contributed by atoms with Crippen molar-refractivity contribution in [1.82, 2.24) is 14.5 Å². The summed E-state index contributed by atoms with van der Waals surface area (Å²) >= 11 is 12.5. The maximum atomic E-state index is 13.8. The molecular weight excluding hydrogens is 527 g/mol. The first kappa shape index (κ1) is 27.3. The van der Waals surface area contributed by atoms with E-state index in [0.717, 1.165) is 11.6 Å². The Morgan fingerprint density at radius 1 is 1.05 bits per heavy atom. The molecule has 4 rings (SSSR count). The number of nitro benzene ring substituents is 1. The van der Waals surface area contributed by atoms with Crippen LogP contribution >= 0.6 is 23.2 Å². The molecule has 3 aromatic carbocycles. The third-order valence-corrected chi connectivity index (χ3v) is 6.76. The molecule has 0 aliphatic heterocycles. The summed E-state index contributed by atoms with van der Waals surface area (Å²) in [4.78, 5) is 44.6. The fourth-order valence-corrected chi connectivity index (χ4v) is 4.72. The van der Waals surface area contributed by atoms with Crippen molar-refractivity contribution < 1.29 is 9.72 Å². The van der Waals surface area contributed by atoms with E-state index in [-0.39, 0.29) is 27.8 Å². The molecule has 10 heteroatoms. The van der Waals surface area contributed by atoms with Crippen molar-refractivity contribution in [3.8, 4) is 5.69 Å². The fourth-order valence-electron chi connectivity index (χ4n) is 4.30. The molecule has 1 amide bonds. The van der Waals surface area contributed by atoms with Crippen molar-refractivity contribution in [3.63, 3.8) is 0 Å². The van der Waals surface area contributed by atoms with Gasteiger partial charge in [0, 0.05) is 23.7 Å². The van der Waals surface area contributed by atoms with Crippen LogP contribution in [0.3, 0.4) is 0 Å². The fraction of sp³-hybridized carbons (Fsp3) is 0.250. The number of nitro groups is 1. The molecule has 8 nitrogen and oxygen atoms in total. The molecule has 0 radical (unpaired) electrons. The third-order valence-electron chi connectivity index (χ3n) is 6.21. The van der Waals surface area contributed by atoms with Crippen LogP contribution in [-0.4, -0.2) is 31.8 Å². The summed E-state index contributed by atoms with van der Waals surface area (Å²) in [5, 5.41) is 12.0. The first-order chi connectivity index (χ1) is 18.0. The minimum atomic E-state index is -0.673. The molecule has 0 saturated heterocycles. The van der Waals surface area contributed by atoms with E-state index < -0.39 is 16.9 Å². The van der Waals surface area contributed by atoms with Gasteiger partial charge in [-0.3, -0.25) is 24.3 Å². The van der Waals surface area contributed by atoms with Crippen LogP contribution in [0.15, 0.2) is 65.5 Å². The van der Waals surface area contributed by atoms with Gasteiger partial charge < -0.3 is 4.90 Å². The van der Waals surface area contributed by atoms with E-state index in [1.165, 1.54) is 16.7 Å². The van der Waals surface area contributed by atoms with Crippen molar-refractivity contribution in [2.45, 2.75) is 33.7 Å². The van der Waals surface area contributed by atoms with Gasteiger partial charge in [0.25, 0.3) is 17.2 Å². The number of carbonyl (C=O) groups excluding carboxylic acids is 1. The van der Waals surface area contributed by atoms with Gasteiger partial charge in [-0.15, -0.1) is 0 Å². The second-order valence-electron chi connectivity index (χ2n) is 9.56. The number of aromatic nitrogens is 2. The first-order valence-corrected chi connectivity index (χ1v) is 12.8. The highest BCUT2D eigenvalue weighted by atomic mass is 35.5. The summed E-state index contributed by atoms with van der Waals surface area (Å²) in [6, 6.07) is 15.4. The van der Waals surface area contributed by atoms with Crippen LogP contribution in [-0.2, 0) is 0 Å². The molecule has 0 saturated carbocycles. The molecule has 1 heterocycles. The zero-order chi connectivity index (χ0) is 27.7. The van der Waals surface area contributed by atoms with E-state index in [4.69, 9.17) is 28.2 Å². The highest BCUT2D eigenvalue weighted by Crippen LogP contribution is 2.29. The summed E-state index contributed by atoms with van der Waals surface area (Å²) in [7, 11) is 0. The standard InChI is InChI=1S/C28H26Cl2N4O4/c1-16(2)15-32(27(35)22-12-10-21(34(37)38)14-24(22)30)18(4)26-31-25-13-19(29)7-11-23(25)28(36)33(26)20-8-5-17(3)6-9-20/h5-14,16,18H,15H2,1-4H3. The largest absolute Gasteiger partial charge is 0.328 e. The van der Waals surface area contributed by atoms with Gasteiger partial charge in [0.2, 0.25) is 0 Å². The quantitative estimate of drug-likeness (QED) is 0.186. The van der Waals surface area contributed by atoms with E-state index in [1.807, 2.05) is 45.0 Å². The molecule has 196 valence electrons. The number of carbonyl (C=O) groups is 1. The van der Waals surface area contributed by atoms with Gasteiger partial charge in [0.15, 0.2) is 0 Å². The molecule has 1 atom stereocenters. The lowest BCUT2D eigenvalue weighted by molar-refractivity contribution is -0.384. The predicted octanol–water partition coefficient (Wildman–Crippen LogP) is 6.77. The Morgan fingerprint density at radius 3 is 2.34 bits per heavy atom. The summed E-state index contributed by atoms with van der Waals surface area (Å²) in [6.45, 7) is 8.00. The first-order valence-electron chi connectivity index (χ1n) is 12.0. The molecule has 0 bridgehead atoms. The second-order valence-corrected chi connectivity index (χ2v) is 10.4. The number of aryl methyl sites for hydroxylation is 1. The Morgan fingerprint density at radius 2 is 1.74 bits per heavy atom. The molecule has 1 unspecified atom stereocenters. The van der Waals surface area contributed by atoms with E-state index in [2.05, 4.69) is 0 Å². The van der Waals surface area contributed by atoms with E-state index in [1.54, 1.807) is 30.0 Å². The summed E-state index contributed by atoms with van der Waals surface area (Å²) < 4.78 is 1.51. The van der Waals surface area contributed by atoms with Crippen molar-refractivity contribution >= 4 is 45.7 Å². The minimum absolute atomic E-state index is 0.0284. The average molecular weight is 553 g/mol. The van der Waals surface area contributed by atoms with Crippen LogP contribution in [0.25, 0.3) is 16.6 Å². The van der Waals surface area contributed by atoms with Crippen LogP contribution in [0.1, 0.15) is 48.6 Å². The molecule has 0 aliphatic rings. The molecule has 0 fully saturated rings. The maximum Gasteiger partial charge on any atom is 0.270 e. The van der Waals surface area contributed by atoms with Crippen molar-refractivity contribution in [2.75, 3.05) is 6.54 Å². The van der Waals surface area contributed by atoms with Crippen molar-refractivity contribution in [3.05, 3.63) is 108 Å². The van der Waals surface area contributed by atoms with E-state index >= 15 is 0 Å². The molecular formula is C28H26Cl2N4O4. The lowest BCUT2D eigenvalue weighted by Crippen LogP contribution is -2.39. The van der Waals surface area contributed by atoms with Crippen molar-refractivity contribution in [1.29, 1.82) is 0 Å². The number of amides is 1. The number of fused-ring (bicyclic) bond motifs is 1. The number of benzene rings is 3. The summed E-state index contributed by atoms with van der Waals surface area (Å²) in [5.41, 5.74) is 1.67. The molecule has 0 N–H and O–H groups in total. The number of rotatable bonds is 7. The number of halogens is 2. The van der Waals surface area contributed by atoms with Crippen LogP contribution in [0, 0.1) is 23.0 Å². The van der Waals surface area contributed by atoms with E-state index in [9.17, 15) is 19.7 Å². The smallest absolute Gasteiger partial charge is 0.270 e. The number of hydrogen-bond donors (Lipinski definition) is 0. The van der Waals surface area contributed by atoms with Crippen molar-refractivity contribution in [2.24, 2.45) is 5.92 Å². The van der Waals surface area contributed by atoms with Gasteiger partial charge in [0.05, 0.1) is 38.1 Å². The molecule has 0 aliphatic carbocycles. The SMILES string of the molecule is Cc1ccc(-n2c(C(C)N(CC(C)C)C(=O)c3ccc([N+](=O)[O-])cc3Cl)nc3cc(Cl)ccc3c2=O)cc1. The predicted molar refractivity (Wildman–Crippen MR) is 149 cm³/mol. The number of hydrogen-bond acceptors (Lipinski definition) is 5.